The Labute approximate surface area is 124 Å². The summed E-state index contributed by atoms with van der Waals surface area (Å²) in [4.78, 5) is 0. The smallest absolute Gasteiger partial charge is 0.119 e. The molecule has 20 heavy (non-hydrogen) atoms. The van der Waals surface area contributed by atoms with Crippen molar-refractivity contribution in [2.45, 2.75) is 59.4 Å². The predicted molar refractivity (Wildman–Crippen MR) is 87.3 cm³/mol. The lowest BCUT2D eigenvalue weighted by Gasteiger charge is -2.24. The number of rotatable bonds is 9. The van der Waals surface area contributed by atoms with Crippen molar-refractivity contribution in [3.8, 4) is 5.75 Å². The second kappa shape index (κ2) is 9.02. The van der Waals surface area contributed by atoms with Crippen molar-refractivity contribution in [1.29, 1.82) is 0 Å². The molecule has 0 heterocycles. The summed E-state index contributed by atoms with van der Waals surface area (Å²) < 4.78 is 5.81. The first-order valence-electron chi connectivity index (χ1n) is 7.92. The van der Waals surface area contributed by atoms with Crippen LogP contribution >= 0.6 is 0 Å². The van der Waals surface area contributed by atoms with Crippen LogP contribution in [-0.4, -0.2) is 19.2 Å². The molecule has 0 fully saturated rings. The molecule has 1 atom stereocenters. The molecule has 0 bridgehead atoms. The minimum Gasteiger partial charge on any atom is -0.494 e. The Hall–Kier alpha value is -1.02. The summed E-state index contributed by atoms with van der Waals surface area (Å²) in [5.41, 5.74) is 0.409. The topological polar surface area (TPSA) is 21.3 Å². The van der Waals surface area contributed by atoms with Crippen LogP contribution in [0.15, 0.2) is 30.3 Å². The molecule has 1 rings (SSSR count). The van der Waals surface area contributed by atoms with Crippen molar-refractivity contribution in [3.63, 3.8) is 0 Å². The van der Waals surface area contributed by atoms with E-state index >= 15 is 0 Å². The summed E-state index contributed by atoms with van der Waals surface area (Å²) in [6.07, 6.45) is 4.73. The van der Waals surface area contributed by atoms with Gasteiger partial charge in [-0.2, -0.15) is 0 Å². The molecule has 0 aromatic heterocycles. The molecule has 0 aliphatic carbocycles. The molecule has 0 amide bonds. The first-order chi connectivity index (χ1) is 9.51. The molecule has 0 aliphatic heterocycles. The average molecular weight is 277 g/mol. The van der Waals surface area contributed by atoms with Crippen LogP contribution in [0.1, 0.15) is 53.4 Å². The molecular weight excluding hydrogens is 246 g/mol. The molecule has 1 aromatic carbocycles. The van der Waals surface area contributed by atoms with Gasteiger partial charge in [-0.1, -0.05) is 45.9 Å². The Balaban J connectivity index is 2.32. The zero-order valence-corrected chi connectivity index (χ0v) is 13.6. The van der Waals surface area contributed by atoms with Gasteiger partial charge in [0.15, 0.2) is 0 Å². The van der Waals surface area contributed by atoms with Gasteiger partial charge in [0.05, 0.1) is 6.61 Å². The second-order valence-corrected chi connectivity index (χ2v) is 6.70. The predicted octanol–water partition coefficient (Wildman–Crippen LogP) is 4.65. The highest BCUT2D eigenvalue weighted by molar-refractivity contribution is 5.20. The Kier molecular flexibility index (Phi) is 7.68. The van der Waals surface area contributed by atoms with Gasteiger partial charge < -0.3 is 10.1 Å². The molecule has 0 saturated carbocycles. The highest BCUT2D eigenvalue weighted by atomic mass is 16.5. The van der Waals surface area contributed by atoms with Crippen molar-refractivity contribution in [1.82, 2.24) is 5.32 Å². The lowest BCUT2D eigenvalue weighted by atomic mass is 9.88. The van der Waals surface area contributed by atoms with Crippen molar-refractivity contribution >= 4 is 0 Å². The standard InChI is InChI=1S/C18H31NO/c1-5-14-19-16(11-13-18(2,3)4)12-15-20-17-9-7-6-8-10-17/h6-10,16,19H,5,11-15H2,1-4H3. The third kappa shape index (κ3) is 8.21. The van der Waals surface area contributed by atoms with E-state index in [2.05, 4.69) is 33.0 Å². The maximum atomic E-state index is 5.81. The van der Waals surface area contributed by atoms with Gasteiger partial charge in [-0.05, 0) is 49.8 Å². The monoisotopic (exact) mass is 277 g/mol. The number of hydrogen-bond donors (Lipinski definition) is 1. The highest BCUT2D eigenvalue weighted by Gasteiger charge is 2.15. The van der Waals surface area contributed by atoms with E-state index < -0.39 is 0 Å². The maximum Gasteiger partial charge on any atom is 0.119 e. The average Bonchev–Trinajstić information content (AvgIpc) is 2.41. The lowest BCUT2D eigenvalue weighted by molar-refractivity contribution is 0.262. The highest BCUT2D eigenvalue weighted by Crippen LogP contribution is 2.22. The first-order valence-corrected chi connectivity index (χ1v) is 7.92. The van der Waals surface area contributed by atoms with Gasteiger partial charge in [-0.3, -0.25) is 0 Å². The van der Waals surface area contributed by atoms with E-state index in [0.717, 1.165) is 25.3 Å². The summed E-state index contributed by atoms with van der Waals surface area (Å²) in [5.74, 6) is 0.970. The van der Waals surface area contributed by atoms with Crippen LogP contribution in [0.3, 0.4) is 0 Å². The van der Waals surface area contributed by atoms with Gasteiger partial charge in [-0.15, -0.1) is 0 Å². The lowest BCUT2D eigenvalue weighted by Crippen LogP contribution is -2.32. The van der Waals surface area contributed by atoms with E-state index in [9.17, 15) is 0 Å². The van der Waals surface area contributed by atoms with Crippen LogP contribution in [0, 0.1) is 5.41 Å². The molecule has 2 nitrogen and oxygen atoms in total. The van der Waals surface area contributed by atoms with E-state index in [1.165, 1.54) is 19.3 Å². The number of ether oxygens (including phenoxy) is 1. The van der Waals surface area contributed by atoms with Crippen LogP contribution in [0.5, 0.6) is 5.75 Å². The zero-order chi connectivity index (χ0) is 14.8. The van der Waals surface area contributed by atoms with Crippen molar-refractivity contribution in [3.05, 3.63) is 30.3 Å². The van der Waals surface area contributed by atoms with E-state index in [1.54, 1.807) is 0 Å². The van der Waals surface area contributed by atoms with Gasteiger partial charge in [0.1, 0.15) is 5.75 Å². The Morgan fingerprint density at radius 2 is 1.80 bits per heavy atom. The molecule has 1 unspecified atom stereocenters. The number of para-hydroxylation sites is 1. The van der Waals surface area contributed by atoms with Crippen LogP contribution in [0.25, 0.3) is 0 Å². The fourth-order valence-electron chi connectivity index (χ4n) is 2.14. The quantitative estimate of drug-likeness (QED) is 0.709. The maximum absolute atomic E-state index is 5.81. The summed E-state index contributed by atoms with van der Waals surface area (Å²) >= 11 is 0. The minimum atomic E-state index is 0.409. The summed E-state index contributed by atoms with van der Waals surface area (Å²) in [6.45, 7) is 11.0. The number of nitrogens with one attached hydrogen (secondary N) is 1. The van der Waals surface area contributed by atoms with E-state index in [-0.39, 0.29) is 0 Å². The molecule has 1 aromatic rings. The summed E-state index contributed by atoms with van der Waals surface area (Å²) in [5, 5.41) is 3.65. The SMILES string of the molecule is CCCNC(CCOc1ccccc1)CCC(C)(C)C. The van der Waals surface area contributed by atoms with Crippen LogP contribution in [0.4, 0.5) is 0 Å². The molecule has 2 heteroatoms. The van der Waals surface area contributed by atoms with E-state index in [4.69, 9.17) is 4.74 Å². The third-order valence-electron chi connectivity index (χ3n) is 3.40. The van der Waals surface area contributed by atoms with Crippen molar-refractivity contribution < 1.29 is 4.74 Å². The molecule has 1 N–H and O–H groups in total. The number of hydrogen-bond acceptors (Lipinski definition) is 2. The van der Waals surface area contributed by atoms with E-state index in [0.29, 0.717) is 11.5 Å². The van der Waals surface area contributed by atoms with Crippen LogP contribution < -0.4 is 10.1 Å². The van der Waals surface area contributed by atoms with Gasteiger partial charge in [0.25, 0.3) is 0 Å². The van der Waals surface area contributed by atoms with Gasteiger partial charge >= 0.3 is 0 Å². The van der Waals surface area contributed by atoms with E-state index in [1.807, 2.05) is 30.3 Å². The molecule has 114 valence electrons. The molecule has 0 aliphatic rings. The number of benzene rings is 1. The Morgan fingerprint density at radius 1 is 1.10 bits per heavy atom. The van der Waals surface area contributed by atoms with Gasteiger partial charge in [-0.25, -0.2) is 0 Å². The zero-order valence-electron chi connectivity index (χ0n) is 13.6. The fourth-order valence-corrected chi connectivity index (χ4v) is 2.14. The largest absolute Gasteiger partial charge is 0.494 e. The Morgan fingerprint density at radius 3 is 2.40 bits per heavy atom. The van der Waals surface area contributed by atoms with Crippen molar-refractivity contribution in [2.24, 2.45) is 5.41 Å². The van der Waals surface area contributed by atoms with Crippen LogP contribution in [-0.2, 0) is 0 Å². The first kappa shape index (κ1) is 17.0. The van der Waals surface area contributed by atoms with Gasteiger partial charge in [0.2, 0.25) is 0 Å². The molecular formula is C18H31NO. The molecule has 0 saturated heterocycles. The molecule has 0 spiro atoms. The normalized spacial score (nSPS) is 13.2. The fraction of sp³-hybridized carbons (Fsp3) is 0.667. The van der Waals surface area contributed by atoms with Gasteiger partial charge in [0, 0.05) is 6.04 Å². The summed E-state index contributed by atoms with van der Waals surface area (Å²) in [6, 6.07) is 10.6. The Bertz CT molecular complexity index is 342. The third-order valence-corrected chi connectivity index (χ3v) is 3.40. The summed E-state index contributed by atoms with van der Waals surface area (Å²) in [7, 11) is 0. The minimum absolute atomic E-state index is 0.409. The van der Waals surface area contributed by atoms with Crippen molar-refractivity contribution in [2.75, 3.05) is 13.2 Å². The molecule has 0 radical (unpaired) electrons. The van der Waals surface area contributed by atoms with Crippen LogP contribution in [0.2, 0.25) is 0 Å². The second-order valence-electron chi connectivity index (χ2n) is 6.70.